The predicted molar refractivity (Wildman–Crippen MR) is 103 cm³/mol. The molecule has 150 valence electrons. The molecule has 3 rings (SSSR count). The van der Waals surface area contributed by atoms with Crippen LogP contribution < -0.4 is 10.6 Å². The highest BCUT2D eigenvalue weighted by Gasteiger charge is 2.46. The second-order valence-corrected chi connectivity index (χ2v) is 7.50. The lowest BCUT2D eigenvalue weighted by atomic mass is 10.0. The van der Waals surface area contributed by atoms with E-state index in [-0.39, 0.29) is 25.2 Å². The largest absolute Gasteiger partial charge is 0.394 e. The Labute approximate surface area is 164 Å². The molecule has 2 heterocycles. The van der Waals surface area contributed by atoms with Crippen molar-refractivity contribution in [3.63, 3.8) is 0 Å². The highest BCUT2D eigenvalue weighted by molar-refractivity contribution is 6.30. The average molecular weight is 399 g/mol. The van der Waals surface area contributed by atoms with Gasteiger partial charge in [-0.2, -0.15) is 0 Å². The lowest BCUT2D eigenvalue weighted by Gasteiger charge is -2.39. The number of amides is 2. The molecule has 0 spiro atoms. The van der Waals surface area contributed by atoms with E-state index in [1.807, 2.05) is 0 Å². The van der Waals surface area contributed by atoms with Gasteiger partial charge in [0.1, 0.15) is 12.2 Å². The number of halogens is 1. The smallest absolute Gasteiger partial charge is 0.319 e. The Hall–Kier alpha value is -1.42. The van der Waals surface area contributed by atoms with Gasteiger partial charge < -0.3 is 30.5 Å². The summed E-state index contributed by atoms with van der Waals surface area (Å²) in [5.41, 5.74) is 0.594. The molecule has 2 aliphatic rings. The van der Waals surface area contributed by atoms with Gasteiger partial charge in [0, 0.05) is 43.4 Å². The summed E-state index contributed by atoms with van der Waals surface area (Å²) in [6.07, 6.45) is -1.83. The number of hydrogen-bond donors (Lipinski definition) is 4. The summed E-state index contributed by atoms with van der Waals surface area (Å²) < 4.78 is 5.82. The Morgan fingerprint density at radius 2 is 2.04 bits per heavy atom. The minimum atomic E-state index is -0.791. The number of carbonyl (C=O) groups is 1. The maximum atomic E-state index is 12.2. The average Bonchev–Trinajstić information content (AvgIpc) is 2.96. The zero-order chi connectivity index (χ0) is 19.4. The van der Waals surface area contributed by atoms with E-state index in [0.717, 1.165) is 26.2 Å². The van der Waals surface area contributed by atoms with Crippen molar-refractivity contribution in [1.29, 1.82) is 0 Å². The van der Waals surface area contributed by atoms with Crippen LogP contribution >= 0.6 is 11.6 Å². The van der Waals surface area contributed by atoms with Crippen LogP contribution in [0.2, 0.25) is 5.02 Å². The summed E-state index contributed by atoms with van der Waals surface area (Å²) in [5, 5.41) is 26.1. The van der Waals surface area contributed by atoms with E-state index in [9.17, 15) is 15.0 Å². The van der Waals surface area contributed by atoms with Crippen LogP contribution in [0.5, 0.6) is 0 Å². The highest BCUT2D eigenvalue weighted by Crippen LogP contribution is 2.26. The van der Waals surface area contributed by atoms with Gasteiger partial charge in [-0.3, -0.25) is 4.90 Å². The van der Waals surface area contributed by atoms with Crippen molar-refractivity contribution in [3.05, 3.63) is 29.3 Å². The van der Waals surface area contributed by atoms with E-state index in [4.69, 9.17) is 16.3 Å². The number of aliphatic hydroxyl groups excluding tert-OH is 2. The molecular weight excluding hydrogens is 372 g/mol. The van der Waals surface area contributed by atoms with Crippen LogP contribution in [0.3, 0.4) is 0 Å². The summed E-state index contributed by atoms with van der Waals surface area (Å²) in [6, 6.07) is 6.25. The normalized spacial score (nSPS) is 29.6. The van der Waals surface area contributed by atoms with Gasteiger partial charge >= 0.3 is 6.03 Å². The van der Waals surface area contributed by atoms with Crippen molar-refractivity contribution in [3.8, 4) is 0 Å². The third-order valence-electron chi connectivity index (χ3n) is 5.15. The van der Waals surface area contributed by atoms with Crippen LogP contribution in [-0.4, -0.2) is 96.8 Å². The fourth-order valence-corrected chi connectivity index (χ4v) is 3.84. The van der Waals surface area contributed by atoms with Crippen LogP contribution in [0.4, 0.5) is 10.5 Å². The zero-order valence-electron chi connectivity index (χ0n) is 15.3. The van der Waals surface area contributed by atoms with E-state index in [1.54, 1.807) is 24.3 Å². The molecule has 4 atom stereocenters. The number of aliphatic hydroxyl groups is 2. The van der Waals surface area contributed by atoms with E-state index < -0.39 is 18.3 Å². The van der Waals surface area contributed by atoms with Gasteiger partial charge in [-0.25, -0.2) is 4.79 Å². The molecule has 2 amide bonds. The summed E-state index contributed by atoms with van der Waals surface area (Å²) in [4.78, 5) is 16.6. The molecule has 1 aromatic rings. The quantitative estimate of drug-likeness (QED) is 0.565. The molecule has 9 heteroatoms. The molecule has 0 aliphatic carbocycles. The monoisotopic (exact) mass is 398 g/mol. The maximum Gasteiger partial charge on any atom is 0.319 e. The van der Waals surface area contributed by atoms with Crippen LogP contribution in [0, 0.1) is 0 Å². The molecule has 1 aromatic carbocycles. The van der Waals surface area contributed by atoms with Crippen molar-refractivity contribution in [2.24, 2.45) is 0 Å². The van der Waals surface area contributed by atoms with E-state index in [2.05, 4.69) is 27.5 Å². The van der Waals surface area contributed by atoms with Crippen LogP contribution in [0.15, 0.2) is 24.3 Å². The second-order valence-electron chi connectivity index (χ2n) is 7.06. The molecule has 0 bridgehead atoms. The first-order valence-corrected chi connectivity index (χ1v) is 9.53. The fourth-order valence-electron chi connectivity index (χ4n) is 3.65. The third-order valence-corrected chi connectivity index (χ3v) is 5.38. The number of rotatable bonds is 5. The number of piperazine rings is 1. The Balaban J connectivity index is 1.58. The minimum absolute atomic E-state index is 0.233. The SMILES string of the molecule is CN1CCN(C2C(CNC(=O)Nc3cccc(Cl)c3)OC(CO)C2O)CC1. The summed E-state index contributed by atoms with van der Waals surface area (Å²) >= 11 is 5.92. The Bertz CT molecular complexity index is 642. The molecule has 4 unspecified atom stereocenters. The maximum absolute atomic E-state index is 12.2. The summed E-state index contributed by atoms with van der Waals surface area (Å²) in [6.45, 7) is 3.41. The Morgan fingerprint density at radius 1 is 1.30 bits per heavy atom. The van der Waals surface area contributed by atoms with Crippen molar-refractivity contribution in [2.75, 3.05) is 51.7 Å². The van der Waals surface area contributed by atoms with E-state index >= 15 is 0 Å². The van der Waals surface area contributed by atoms with Crippen molar-refractivity contribution in [2.45, 2.75) is 24.4 Å². The van der Waals surface area contributed by atoms with Crippen LogP contribution in [0.1, 0.15) is 0 Å². The number of ether oxygens (including phenoxy) is 1. The van der Waals surface area contributed by atoms with Gasteiger partial charge in [0.25, 0.3) is 0 Å². The number of anilines is 1. The molecule has 2 saturated heterocycles. The molecule has 0 radical (unpaired) electrons. The number of benzene rings is 1. The van der Waals surface area contributed by atoms with Gasteiger partial charge in [0.2, 0.25) is 0 Å². The lowest BCUT2D eigenvalue weighted by Crippen LogP contribution is -2.57. The number of likely N-dealkylation sites (N-methyl/N-ethyl adjacent to an activating group) is 1. The van der Waals surface area contributed by atoms with Gasteiger partial charge in [-0.1, -0.05) is 17.7 Å². The number of hydrogen-bond acceptors (Lipinski definition) is 6. The fraction of sp³-hybridized carbons (Fsp3) is 0.611. The van der Waals surface area contributed by atoms with Crippen LogP contribution in [0.25, 0.3) is 0 Å². The molecule has 27 heavy (non-hydrogen) atoms. The highest BCUT2D eigenvalue weighted by atomic mass is 35.5. The van der Waals surface area contributed by atoms with Crippen LogP contribution in [-0.2, 0) is 4.74 Å². The zero-order valence-corrected chi connectivity index (χ0v) is 16.1. The van der Waals surface area contributed by atoms with Gasteiger partial charge in [-0.15, -0.1) is 0 Å². The Kier molecular flexibility index (Phi) is 6.91. The van der Waals surface area contributed by atoms with Crippen molar-refractivity contribution in [1.82, 2.24) is 15.1 Å². The summed E-state index contributed by atoms with van der Waals surface area (Å²) in [7, 11) is 2.06. The molecular formula is C18H27ClN4O4. The molecule has 2 fully saturated rings. The van der Waals surface area contributed by atoms with Gasteiger partial charge in [0.15, 0.2) is 0 Å². The lowest BCUT2D eigenvalue weighted by molar-refractivity contribution is -0.0205. The first kappa shape index (κ1) is 20.3. The molecule has 2 aliphatic heterocycles. The van der Waals surface area contributed by atoms with Gasteiger partial charge in [-0.05, 0) is 25.2 Å². The first-order valence-electron chi connectivity index (χ1n) is 9.15. The minimum Gasteiger partial charge on any atom is -0.394 e. The standard InChI is InChI=1S/C18H27ClN4O4/c1-22-5-7-23(8-6-22)16-14(27-15(11-24)17(16)25)10-20-18(26)21-13-4-2-3-12(19)9-13/h2-4,9,14-17,24-25H,5-8,10-11H2,1H3,(H2,20,21,26). The number of urea groups is 1. The predicted octanol–water partition coefficient (Wildman–Crippen LogP) is 0.198. The first-order chi connectivity index (χ1) is 13.0. The van der Waals surface area contributed by atoms with E-state index in [0.29, 0.717) is 10.7 Å². The molecule has 8 nitrogen and oxygen atoms in total. The Morgan fingerprint density at radius 3 is 2.70 bits per heavy atom. The number of nitrogens with zero attached hydrogens (tertiary/aromatic N) is 2. The van der Waals surface area contributed by atoms with Gasteiger partial charge in [0.05, 0.1) is 18.8 Å². The molecule has 0 aromatic heterocycles. The molecule has 4 N–H and O–H groups in total. The number of nitrogens with one attached hydrogen (secondary N) is 2. The van der Waals surface area contributed by atoms with Crippen molar-refractivity contribution >= 4 is 23.3 Å². The summed E-state index contributed by atoms with van der Waals surface area (Å²) in [5.74, 6) is 0. The second kappa shape index (κ2) is 9.18. The van der Waals surface area contributed by atoms with Crippen molar-refractivity contribution < 1.29 is 19.7 Å². The molecule has 0 saturated carbocycles. The third kappa shape index (κ3) is 5.10. The number of carbonyl (C=O) groups excluding carboxylic acids is 1. The topological polar surface area (TPSA) is 97.3 Å². The van der Waals surface area contributed by atoms with E-state index in [1.165, 1.54) is 0 Å².